The first kappa shape index (κ1) is 34.4. The summed E-state index contributed by atoms with van der Waals surface area (Å²) in [5, 5.41) is 0. The van der Waals surface area contributed by atoms with Crippen molar-refractivity contribution in [3.63, 3.8) is 0 Å². The van der Waals surface area contributed by atoms with E-state index in [9.17, 15) is 9.59 Å². The molecular weight excluding hydrogens is 528 g/mol. The average Bonchev–Trinajstić information content (AvgIpc) is 3.02. The van der Waals surface area contributed by atoms with Crippen LogP contribution in [-0.4, -0.2) is 64.5 Å². The zero-order valence-corrected chi connectivity index (χ0v) is 26.5. The van der Waals surface area contributed by atoms with Gasteiger partial charge >= 0.3 is 0 Å². The number of carbonyl (C=O) groups excluding carboxylic acids is 2. The molecule has 1 saturated heterocycles. The van der Waals surface area contributed by atoms with Crippen molar-refractivity contribution in [3.05, 3.63) is 100 Å². The molecule has 0 saturated carbocycles. The van der Waals surface area contributed by atoms with Gasteiger partial charge in [0.1, 0.15) is 5.76 Å². The molecule has 0 aliphatic carbocycles. The number of hydrogen-bond acceptors (Lipinski definition) is 7. The van der Waals surface area contributed by atoms with Crippen molar-refractivity contribution in [2.75, 3.05) is 52.4 Å². The van der Waals surface area contributed by atoms with Crippen molar-refractivity contribution in [2.45, 2.75) is 53.5 Å². The molecule has 2 aromatic rings. The zero-order chi connectivity index (χ0) is 31.1. The van der Waals surface area contributed by atoms with Gasteiger partial charge in [-0.25, -0.2) is 0 Å². The van der Waals surface area contributed by atoms with Gasteiger partial charge in [-0.1, -0.05) is 62.4 Å². The lowest BCUT2D eigenvalue weighted by Crippen LogP contribution is -2.46. The van der Waals surface area contributed by atoms with Gasteiger partial charge in [0.15, 0.2) is 23.6 Å². The lowest BCUT2D eigenvalue weighted by molar-refractivity contribution is 0.101. The second-order valence-corrected chi connectivity index (χ2v) is 10.3. The highest BCUT2D eigenvalue weighted by molar-refractivity contribution is 6.06. The second kappa shape index (κ2) is 17.9. The molecule has 0 bridgehead atoms. The first-order valence-corrected chi connectivity index (χ1v) is 14.5. The second-order valence-electron chi connectivity index (χ2n) is 10.3. The number of unbranched alkanes of at least 4 members (excludes halogenated alkanes) is 1. The van der Waals surface area contributed by atoms with E-state index in [0.29, 0.717) is 28.4 Å². The quantitative estimate of drug-likeness (QED) is 0.108. The van der Waals surface area contributed by atoms with Crippen molar-refractivity contribution in [3.8, 4) is 0 Å². The third-order valence-electron chi connectivity index (χ3n) is 7.46. The number of ketones is 1. The smallest absolute Gasteiger partial charge is 0.198 e. The van der Waals surface area contributed by atoms with Crippen molar-refractivity contribution in [2.24, 2.45) is 0 Å². The third-order valence-corrected chi connectivity index (χ3v) is 7.46. The van der Waals surface area contributed by atoms with Crippen molar-refractivity contribution in [1.29, 1.82) is 0 Å². The van der Waals surface area contributed by atoms with Gasteiger partial charge in [0.05, 0.1) is 26.9 Å². The Morgan fingerprint density at radius 2 is 1.52 bits per heavy atom. The molecule has 0 unspecified atom stereocenters. The molecule has 1 fully saturated rings. The zero-order valence-electron chi connectivity index (χ0n) is 26.5. The number of Topliss-reactive ketones (excluding diaryl/α,β-unsaturated/α-hetero) is 1. The molecule has 0 amide bonds. The summed E-state index contributed by atoms with van der Waals surface area (Å²) in [6, 6.07) is 16.0. The van der Waals surface area contributed by atoms with Gasteiger partial charge in [0, 0.05) is 44.0 Å². The van der Waals surface area contributed by atoms with Crippen LogP contribution in [0.3, 0.4) is 0 Å². The minimum Gasteiger partial charge on any atom is -0.497 e. The molecular formula is C35H48N2O5. The van der Waals surface area contributed by atoms with Crippen LogP contribution in [0.2, 0.25) is 0 Å². The van der Waals surface area contributed by atoms with Crippen LogP contribution >= 0.6 is 0 Å². The molecule has 0 aromatic heterocycles. The Bertz CT molecular complexity index is 1240. The Morgan fingerprint density at radius 3 is 2.05 bits per heavy atom. The van der Waals surface area contributed by atoms with Crippen LogP contribution < -0.4 is 4.90 Å². The molecule has 42 heavy (non-hydrogen) atoms. The summed E-state index contributed by atoms with van der Waals surface area (Å²) in [4.78, 5) is 27.9. The predicted molar refractivity (Wildman–Crippen MR) is 171 cm³/mol. The minimum atomic E-state index is -0.0561. The van der Waals surface area contributed by atoms with Gasteiger partial charge in [0.2, 0.25) is 0 Å². The summed E-state index contributed by atoms with van der Waals surface area (Å²) in [6.45, 7) is 16.2. The number of carbonyl (C=O) groups is 2. The summed E-state index contributed by atoms with van der Waals surface area (Å²) in [5.74, 6) is 1.95. The molecule has 0 radical (unpaired) electrons. The lowest BCUT2D eigenvalue weighted by atomic mass is 10.0. The number of ether oxygens (including phenoxy) is 3. The van der Waals surface area contributed by atoms with E-state index in [0.717, 1.165) is 75.1 Å². The number of piperazine rings is 1. The maximum atomic E-state index is 12.0. The van der Waals surface area contributed by atoms with Gasteiger partial charge in [-0.2, -0.15) is 0 Å². The minimum absolute atomic E-state index is 0.0561. The molecule has 0 spiro atoms. The largest absolute Gasteiger partial charge is 0.497 e. The summed E-state index contributed by atoms with van der Waals surface area (Å²) < 4.78 is 16.0. The van der Waals surface area contributed by atoms with Crippen LogP contribution in [0.25, 0.3) is 0 Å². The average molecular weight is 577 g/mol. The molecule has 3 rings (SSSR count). The number of allylic oxidation sites excluding steroid dienone is 3. The molecule has 7 heteroatoms. The van der Waals surface area contributed by atoms with Gasteiger partial charge < -0.3 is 19.1 Å². The van der Waals surface area contributed by atoms with E-state index in [-0.39, 0.29) is 5.78 Å². The van der Waals surface area contributed by atoms with Gasteiger partial charge in [-0.15, -0.1) is 0 Å². The number of methoxy groups -OCH3 is 3. The van der Waals surface area contributed by atoms with Crippen molar-refractivity contribution in [1.82, 2.24) is 4.90 Å². The van der Waals surface area contributed by atoms with Crippen molar-refractivity contribution >= 4 is 17.8 Å². The number of nitrogens with zero attached hydrogens (tertiary/aromatic N) is 2. The molecule has 0 N–H and O–H groups in total. The summed E-state index contributed by atoms with van der Waals surface area (Å²) in [7, 11) is 4.86. The molecule has 1 heterocycles. The number of hydrogen-bond donors (Lipinski definition) is 0. The maximum absolute atomic E-state index is 12.0. The number of benzene rings is 2. The van der Waals surface area contributed by atoms with E-state index in [4.69, 9.17) is 14.2 Å². The summed E-state index contributed by atoms with van der Waals surface area (Å²) >= 11 is 0. The van der Waals surface area contributed by atoms with Gasteiger partial charge in [-0.3, -0.25) is 14.5 Å². The molecule has 0 atom stereocenters. The summed E-state index contributed by atoms with van der Waals surface area (Å²) in [6.07, 6.45) is 4.02. The van der Waals surface area contributed by atoms with E-state index in [1.165, 1.54) is 12.5 Å². The summed E-state index contributed by atoms with van der Waals surface area (Å²) in [5.41, 5.74) is 5.31. The number of aldehydes is 1. The van der Waals surface area contributed by atoms with Gasteiger partial charge in [-0.05, 0) is 56.4 Å². The monoisotopic (exact) mass is 576 g/mol. The highest BCUT2D eigenvalue weighted by Gasteiger charge is 2.22. The predicted octanol–water partition coefficient (Wildman–Crippen LogP) is 7.20. The van der Waals surface area contributed by atoms with E-state index >= 15 is 0 Å². The maximum Gasteiger partial charge on any atom is 0.198 e. The Morgan fingerprint density at radius 1 is 0.881 bits per heavy atom. The SMILES string of the molecule is C=C(CCCC)/C(C)=C(OC)\C(OC)=C(/C)OC.CC(=O)c1c(C=O)cccc1N1CCN(Cc2ccccc2)CC1. The molecule has 1 aliphatic rings. The van der Waals surface area contributed by atoms with Crippen LogP contribution in [0.15, 0.2) is 83.5 Å². The Labute approximate surface area is 252 Å². The first-order valence-electron chi connectivity index (χ1n) is 14.5. The Hall–Kier alpha value is -3.84. The molecule has 2 aromatic carbocycles. The lowest BCUT2D eigenvalue weighted by Gasteiger charge is -2.37. The van der Waals surface area contributed by atoms with E-state index in [2.05, 4.69) is 47.6 Å². The first-order chi connectivity index (χ1) is 20.2. The molecule has 7 nitrogen and oxygen atoms in total. The van der Waals surface area contributed by atoms with Gasteiger partial charge in [0.25, 0.3) is 0 Å². The molecule has 1 aliphatic heterocycles. The Balaban J connectivity index is 0.000000309. The normalized spacial score (nSPS) is 14.5. The van der Waals surface area contributed by atoms with Crippen LogP contribution in [0, 0.1) is 0 Å². The fourth-order valence-corrected chi connectivity index (χ4v) is 4.93. The number of rotatable bonds is 13. The number of anilines is 1. The fourth-order valence-electron chi connectivity index (χ4n) is 4.93. The standard InChI is InChI=1S/C20H22N2O2.C15H26O3/c1-16(24)20-18(15-23)8-5-9-19(20)22-12-10-21(11-13-22)14-17-6-3-2-4-7-17;1-8-9-10-11(2)12(3)14(17-6)15(18-7)13(4)16-5/h2-9,15H,10-14H2,1H3;2,8-10H2,1,3-7H3/b;14-12+,15-13-. The van der Waals surface area contributed by atoms with E-state index in [1.54, 1.807) is 27.4 Å². The van der Waals surface area contributed by atoms with Crippen molar-refractivity contribution < 1.29 is 23.8 Å². The van der Waals surface area contributed by atoms with E-state index in [1.807, 2.05) is 32.0 Å². The highest BCUT2D eigenvalue weighted by Crippen LogP contribution is 2.27. The third kappa shape index (κ3) is 9.62. The van der Waals surface area contributed by atoms with E-state index < -0.39 is 0 Å². The van der Waals surface area contributed by atoms with Crippen LogP contribution in [0.1, 0.15) is 73.2 Å². The molecule has 228 valence electrons. The Kier molecular flexibility index (Phi) is 14.6. The van der Waals surface area contributed by atoms with Crippen LogP contribution in [0.5, 0.6) is 0 Å². The highest BCUT2D eigenvalue weighted by atomic mass is 16.5. The van der Waals surface area contributed by atoms with Crippen LogP contribution in [0.4, 0.5) is 5.69 Å². The fraction of sp³-hybridized carbons (Fsp3) is 0.429. The van der Waals surface area contributed by atoms with Crippen LogP contribution in [-0.2, 0) is 20.8 Å². The topological polar surface area (TPSA) is 68.3 Å².